The summed E-state index contributed by atoms with van der Waals surface area (Å²) >= 11 is 7.71. The summed E-state index contributed by atoms with van der Waals surface area (Å²) in [6.07, 6.45) is 1.79. The van der Waals surface area contributed by atoms with Crippen molar-refractivity contribution in [1.82, 2.24) is 10.1 Å². The topological polar surface area (TPSA) is 101 Å². The Morgan fingerprint density at radius 2 is 2.10 bits per heavy atom. The van der Waals surface area contributed by atoms with E-state index in [0.29, 0.717) is 32.6 Å². The summed E-state index contributed by atoms with van der Waals surface area (Å²) in [6, 6.07) is 7.11. The molecule has 162 valence electrons. The third kappa shape index (κ3) is 4.11. The lowest BCUT2D eigenvalue weighted by Gasteiger charge is -2.26. The molecule has 3 N–H and O–H groups in total. The van der Waals surface area contributed by atoms with E-state index >= 15 is 0 Å². The molecule has 31 heavy (non-hydrogen) atoms. The smallest absolute Gasteiger partial charge is 0.262 e. The molecule has 3 aromatic rings. The fourth-order valence-corrected chi connectivity index (χ4v) is 5.47. The van der Waals surface area contributed by atoms with Crippen molar-refractivity contribution in [3.63, 3.8) is 0 Å². The van der Waals surface area contributed by atoms with Crippen molar-refractivity contribution in [2.24, 2.45) is 5.73 Å². The molecular weight excluding hydrogens is 436 g/mol. The summed E-state index contributed by atoms with van der Waals surface area (Å²) in [6.45, 7) is 6.42. The van der Waals surface area contributed by atoms with Gasteiger partial charge in [-0.1, -0.05) is 41.9 Å². The first-order valence-corrected chi connectivity index (χ1v) is 11.3. The fraction of sp³-hybridized carbons (Fsp3) is 0.318. The number of primary amides is 1. The van der Waals surface area contributed by atoms with Gasteiger partial charge in [0.1, 0.15) is 22.0 Å². The Labute approximate surface area is 189 Å². The average molecular weight is 459 g/mol. The molecule has 1 aliphatic rings. The van der Waals surface area contributed by atoms with Crippen LogP contribution in [-0.2, 0) is 13.0 Å². The van der Waals surface area contributed by atoms with E-state index in [1.54, 1.807) is 25.1 Å². The summed E-state index contributed by atoms with van der Waals surface area (Å²) in [4.78, 5) is 28.9. The van der Waals surface area contributed by atoms with Crippen molar-refractivity contribution in [2.75, 3.05) is 18.4 Å². The number of amides is 2. The highest BCUT2D eigenvalue weighted by atomic mass is 35.5. The van der Waals surface area contributed by atoms with E-state index in [2.05, 4.69) is 22.3 Å². The van der Waals surface area contributed by atoms with Gasteiger partial charge in [0.25, 0.3) is 11.8 Å². The summed E-state index contributed by atoms with van der Waals surface area (Å²) in [7, 11) is 0. The lowest BCUT2D eigenvalue weighted by molar-refractivity contribution is 0.1000. The van der Waals surface area contributed by atoms with Crippen LogP contribution in [0, 0.1) is 6.92 Å². The first kappa shape index (κ1) is 21.5. The summed E-state index contributed by atoms with van der Waals surface area (Å²) in [5.41, 5.74) is 8.27. The first-order chi connectivity index (χ1) is 14.9. The van der Waals surface area contributed by atoms with Gasteiger partial charge in [-0.3, -0.25) is 14.5 Å². The number of rotatable bonds is 6. The van der Waals surface area contributed by atoms with E-state index in [-0.39, 0.29) is 5.56 Å². The molecule has 0 bridgehead atoms. The van der Waals surface area contributed by atoms with Crippen LogP contribution in [0.5, 0.6) is 0 Å². The highest BCUT2D eigenvalue weighted by Gasteiger charge is 2.29. The van der Waals surface area contributed by atoms with Crippen LogP contribution in [-0.4, -0.2) is 35.0 Å². The second-order valence-electron chi connectivity index (χ2n) is 7.49. The van der Waals surface area contributed by atoms with Crippen molar-refractivity contribution in [3.8, 4) is 11.3 Å². The van der Waals surface area contributed by atoms with Gasteiger partial charge in [-0.05, 0) is 37.9 Å². The van der Waals surface area contributed by atoms with Gasteiger partial charge in [-0.25, -0.2) is 0 Å². The number of hydrogen-bond acceptors (Lipinski definition) is 6. The van der Waals surface area contributed by atoms with Crippen LogP contribution in [0.4, 0.5) is 5.00 Å². The Hall–Kier alpha value is -2.68. The van der Waals surface area contributed by atoms with E-state index in [9.17, 15) is 9.59 Å². The molecule has 9 heteroatoms. The Kier molecular flexibility index (Phi) is 6.13. The SMILES string of the molecule is CCCN1CCc2c(sc(NC(=O)c3c(-c4ccccc4Cl)noc3C)c2C(N)=O)C1. The van der Waals surface area contributed by atoms with Gasteiger partial charge >= 0.3 is 0 Å². The number of fused-ring (bicyclic) bond motifs is 1. The number of nitrogens with zero attached hydrogens (tertiary/aromatic N) is 2. The van der Waals surface area contributed by atoms with Crippen molar-refractivity contribution in [3.05, 3.63) is 56.6 Å². The number of nitrogens with two attached hydrogens (primary N) is 1. The molecule has 0 saturated carbocycles. The van der Waals surface area contributed by atoms with Crippen molar-refractivity contribution in [2.45, 2.75) is 33.2 Å². The quantitative estimate of drug-likeness (QED) is 0.566. The molecule has 3 heterocycles. The molecular formula is C22H23ClN4O3S. The Morgan fingerprint density at radius 1 is 1.32 bits per heavy atom. The van der Waals surface area contributed by atoms with Gasteiger partial charge in [0.05, 0.1) is 10.6 Å². The highest BCUT2D eigenvalue weighted by Crippen LogP contribution is 2.38. The lowest BCUT2D eigenvalue weighted by atomic mass is 10.0. The van der Waals surface area contributed by atoms with Crippen molar-refractivity contribution in [1.29, 1.82) is 0 Å². The number of anilines is 1. The van der Waals surface area contributed by atoms with Crippen LogP contribution >= 0.6 is 22.9 Å². The molecule has 7 nitrogen and oxygen atoms in total. The van der Waals surface area contributed by atoms with Gasteiger partial charge in [-0.2, -0.15) is 0 Å². The maximum atomic E-state index is 13.2. The van der Waals surface area contributed by atoms with Crippen LogP contribution in [0.1, 0.15) is 50.3 Å². The third-order valence-corrected chi connectivity index (χ3v) is 6.83. The minimum atomic E-state index is -0.537. The fourth-order valence-electron chi connectivity index (χ4n) is 3.95. The zero-order valence-corrected chi connectivity index (χ0v) is 18.9. The molecule has 1 aromatic carbocycles. The van der Waals surface area contributed by atoms with Crippen LogP contribution in [0.25, 0.3) is 11.3 Å². The van der Waals surface area contributed by atoms with Gasteiger partial charge in [0.2, 0.25) is 0 Å². The van der Waals surface area contributed by atoms with Crippen molar-refractivity contribution >= 4 is 39.8 Å². The number of nitrogens with one attached hydrogen (secondary N) is 1. The predicted molar refractivity (Wildman–Crippen MR) is 122 cm³/mol. The van der Waals surface area contributed by atoms with Crippen LogP contribution in [0.3, 0.4) is 0 Å². The average Bonchev–Trinajstić information content (AvgIpc) is 3.28. The molecule has 2 amide bonds. The second kappa shape index (κ2) is 8.82. The van der Waals surface area contributed by atoms with Gasteiger partial charge in [-0.15, -0.1) is 11.3 Å². The lowest BCUT2D eigenvalue weighted by Crippen LogP contribution is -2.31. The predicted octanol–water partition coefficient (Wildman–Crippen LogP) is 4.48. The zero-order chi connectivity index (χ0) is 22.1. The molecule has 0 aliphatic carbocycles. The number of thiophene rings is 1. The third-order valence-electron chi connectivity index (χ3n) is 5.37. The molecule has 0 atom stereocenters. The van der Waals surface area contributed by atoms with Crippen molar-refractivity contribution < 1.29 is 14.1 Å². The van der Waals surface area contributed by atoms with E-state index in [1.165, 1.54) is 11.3 Å². The number of benzene rings is 1. The normalized spacial score (nSPS) is 13.8. The second-order valence-corrected chi connectivity index (χ2v) is 9.01. The standard InChI is InChI=1S/C22H23ClN4O3S/c1-3-9-27-10-8-14-16(11-27)31-22(18(14)20(24)28)25-21(29)17-12(2)30-26-19(17)13-6-4-5-7-15(13)23/h4-7H,3,8-11H2,1-2H3,(H2,24,28)(H,25,29). The summed E-state index contributed by atoms with van der Waals surface area (Å²) in [5.74, 6) is -0.589. The summed E-state index contributed by atoms with van der Waals surface area (Å²) in [5, 5.41) is 7.86. The Morgan fingerprint density at radius 3 is 2.81 bits per heavy atom. The monoisotopic (exact) mass is 458 g/mol. The number of halogens is 1. The van der Waals surface area contributed by atoms with E-state index in [1.807, 2.05) is 6.07 Å². The zero-order valence-electron chi connectivity index (χ0n) is 17.3. The van der Waals surface area contributed by atoms with Gasteiger partial charge in [0.15, 0.2) is 0 Å². The molecule has 1 aliphatic heterocycles. The molecule has 0 spiro atoms. The minimum Gasteiger partial charge on any atom is -0.365 e. The maximum Gasteiger partial charge on any atom is 0.262 e. The number of aromatic nitrogens is 1. The molecule has 2 aromatic heterocycles. The number of hydrogen-bond donors (Lipinski definition) is 2. The van der Waals surface area contributed by atoms with Crippen LogP contribution in [0.15, 0.2) is 28.8 Å². The van der Waals surface area contributed by atoms with Crippen LogP contribution < -0.4 is 11.1 Å². The molecule has 0 fully saturated rings. The largest absolute Gasteiger partial charge is 0.365 e. The molecule has 0 radical (unpaired) electrons. The molecule has 0 unspecified atom stereocenters. The highest BCUT2D eigenvalue weighted by molar-refractivity contribution is 7.17. The number of carbonyl (C=O) groups excluding carboxylic acids is 2. The molecule has 4 rings (SSSR count). The van der Waals surface area contributed by atoms with Crippen LogP contribution in [0.2, 0.25) is 5.02 Å². The summed E-state index contributed by atoms with van der Waals surface area (Å²) < 4.78 is 5.30. The first-order valence-electron chi connectivity index (χ1n) is 10.1. The number of aryl methyl sites for hydroxylation is 1. The number of carbonyl (C=O) groups is 2. The van der Waals surface area contributed by atoms with E-state index in [0.717, 1.165) is 42.9 Å². The minimum absolute atomic E-state index is 0.280. The Balaban J connectivity index is 1.69. The van der Waals surface area contributed by atoms with E-state index in [4.69, 9.17) is 21.9 Å². The van der Waals surface area contributed by atoms with Gasteiger partial charge < -0.3 is 15.6 Å². The van der Waals surface area contributed by atoms with E-state index < -0.39 is 11.8 Å². The molecule has 0 saturated heterocycles. The van der Waals surface area contributed by atoms with Gasteiger partial charge in [0, 0.05) is 23.5 Å². The Bertz CT molecular complexity index is 1150. The maximum absolute atomic E-state index is 13.2.